The number of pyridine rings is 1. The first-order valence-corrected chi connectivity index (χ1v) is 7.98. The minimum Gasteiger partial charge on any atom is -0.477 e. The number of aryl methyl sites for hydroxylation is 1. The first kappa shape index (κ1) is 14.6. The topological polar surface area (TPSA) is 96.4 Å². The number of thiophene rings is 1. The van der Waals surface area contributed by atoms with Crippen molar-refractivity contribution in [3.63, 3.8) is 0 Å². The number of carboxylic acid groups (broad SMARTS) is 1. The predicted molar refractivity (Wildman–Crippen MR) is 74.3 cm³/mol. The Morgan fingerprint density at radius 2 is 2.25 bits per heavy atom. The van der Waals surface area contributed by atoms with E-state index in [2.05, 4.69) is 9.71 Å². The number of rotatable bonds is 5. The molecule has 0 amide bonds. The number of hydrogen-bond acceptors (Lipinski definition) is 5. The molecule has 2 heterocycles. The highest BCUT2D eigenvalue weighted by atomic mass is 32.2. The lowest BCUT2D eigenvalue weighted by atomic mass is 10.3. The van der Waals surface area contributed by atoms with Crippen molar-refractivity contribution in [3.8, 4) is 0 Å². The van der Waals surface area contributed by atoms with E-state index >= 15 is 0 Å². The van der Waals surface area contributed by atoms with Gasteiger partial charge in [0.05, 0.1) is 0 Å². The van der Waals surface area contributed by atoms with Gasteiger partial charge in [-0.25, -0.2) is 17.9 Å². The molecular weight excluding hydrogens is 300 g/mol. The summed E-state index contributed by atoms with van der Waals surface area (Å²) in [6.45, 7) is 1.63. The van der Waals surface area contributed by atoms with Crippen molar-refractivity contribution in [2.24, 2.45) is 0 Å². The van der Waals surface area contributed by atoms with Crippen molar-refractivity contribution in [2.75, 3.05) is 0 Å². The number of aromatic nitrogens is 1. The number of carbonyl (C=O) groups is 1. The molecule has 0 atom stereocenters. The van der Waals surface area contributed by atoms with Gasteiger partial charge in [-0.05, 0) is 29.5 Å². The summed E-state index contributed by atoms with van der Waals surface area (Å²) in [5.74, 6) is -1.25. The Morgan fingerprint density at radius 1 is 1.50 bits per heavy atom. The van der Waals surface area contributed by atoms with E-state index in [1.807, 2.05) is 0 Å². The van der Waals surface area contributed by atoms with Gasteiger partial charge in [0.25, 0.3) is 0 Å². The standard InChI is InChI=1S/C12H12N2O4S2/c1-8-7-19-10(12(15)16)11(8)20(17,18)14-6-9-3-2-4-13-5-9/h2-5,7,14H,6H2,1H3,(H,15,16). The molecule has 8 heteroatoms. The van der Waals surface area contributed by atoms with Gasteiger partial charge >= 0.3 is 5.97 Å². The Bertz CT molecular complexity index is 723. The predicted octanol–water partition coefficient (Wildman–Crippen LogP) is 1.63. The maximum absolute atomic E-state index is 12.2. The van der Waals surface area contributed by atoms with Gasteiger partial charge in [-0.2, -0.15) is 0 Å². The van der Waals surface area contributed by atoms with Crippen molar-refractivity contribution in [1.29, 1.82) is 0 Å². The molecule has 106 valence electrons. The minimum absolute atomic E-state index is 0.0600. The van der Waals surface area contributed by atoms with E-state index in [1.54, 1.807) is 31.5 Å². The number of hydrogen-bond donors (Lipinski definition) is 2. The zero-order chi connectivity index (χ0) is 14.8. The van der Waals surface area contributed by atoms with Crippen molar-refractivity contribution >= 4 is 27.3 Å². The quantitative estimate of drug-likeness (QED) is 0.874. The Kier molecular flexibility index (Phi) is 4.17. The third kappa shape index (κ3) is 3.03. The van der Waals surface area contributed by atoms with Crippen molar-refractivity contribution in [1.82, 2.24) is 9.71 Å². The fourth-order valence-electron chi connectivity index (χ4n) is 1.67. The van der Waals surface area contributed by atoms with E-state index in [-0.39, 0.29) is 16.3 Å². The molecule has 0 aliphatic rings. The van der Waals surface area contributed by atoms with Crippen LogP contribution in [0.5, 0.6) is 0 Å². The van der Waals surface area contributed by atoms with Crippen LogP contribution in [0.15, 0.2) is 34.8 Å². The maximum Gasteiger partial charge on any atom is 0.347 e. The SMILES string of the molecule is Cc1csc(C(=O)O)c1S(=O)(=O)NCc1cccnc1. The molecule has 0 aliphatic heterocycles. The summed E-state index contributed by atoms with van der Waals surface area (Å²) in [6.07, 6.45) is 3.13. The van der Waals surface area contributed by atoms with Gasteiger partial charge in [0.1, 0.15) is 9.77 Å². The summed E-state index contributed by atoms with van der Waals surface area (Å²) in [4.78, 5) is 14.6. The van der Waals surface area contributed by atoms with Crippen LogP contribution in [-0.2, 0) is 16.6 Å². The first-order chi connectivity index (χ1) is 9.42. The summed E-state index contributed by atoms with van der Waals surface area (Å²) < 4.78 is 26.8. The Labute approximate surface area is 120 Å². The number of sulfonamides is 1. The summed E-state index contributed by atoms with van der Waals surface area (Å²) in [6, 6.07) is 3.43. The highest BCUT2D eigenvalue weighted by Crippen LogP contribution is 2.26. The van der Waals surface area contributed by atoms with Crippen molar-refractivity contribution in [3.05, 3.63) is 45.9 Å². The number of aromatic carboxylic acids is 1. The van der Waals surface area contributed by atoms with E-state index in [1.165, 1.54) is 5.38 Å². The summed E-state index contributed by atoms with van der Waals surface area (Å²) in [7, 11) is -3.87. The lowest BCUT2D eigenvalue weighted by molar-refractivity contribution is 0.0698. The maximum atomic E-state index is 12.2. The Balaban J connectivity index is 2.27. The molecule has 2 aromatic rings. The van der Waals surface area contributed by atoms with E-state index < -0.39 is 16.0 Å². The second kappa shape index (κ2) is 5.70. The molecule has 0 saturated heterocycles. The summed E-state index contributed by atoms with van der Waals surface area (Å²) >= 11 is 0.902. The molecule has 0 unspecified atom stereocenters. The molecule has 6 nitrogen and oxygen atoms in total. The van der Waals surface area contributed by atoms with Gasteiger partial charge < -0.3 is 5.11 Å². The largest absolute Gasteiger partial charge is 0.477 e. The molecule has 0 fully saturated rings. The van der Waals surface area contributed by atoms with Crippen molar-refractivity contribution in [2.45, 2.75) is 18.4 Å². The van der Waals surface area contributed by atoms with E-state index in [9.17, 15) is 13.2 Å². The van der Waals surface area contributed by atoms with E-state index in [4.69, 9.17) is 5.11 Å². The number of carboxylic acids is 1. The highest BCUT2D eigenvalue weighted by molar-refractivity contribution is 7.89. The van der Waals surface area contributed by atoms with Crippen molar-refractivity contribution < 1.29 is 18.3 Å². The Morgan fingerprint density at radius 3 is 2.85 bits per heavy atom. The lowest BCUT2D eigenvalue weighted by Gasteiger charge is -2.07. The first-order valence-electron chi connectivity index (χ1n) is 5.62. The minimum atomic E-state index is -3.87. The molecule has 0 spiro atoms. The molecule has 0 aromatic carbocycles. The van der Waals surface area contributed by atoms with Crippen LogP contribution in [0.25, 0.3) is 0 Å². The van der Waals surface area contributed by atoms with Gasteiger partial charge in [0, 0.05) is 18.9 Å². The third-order valence-electron chi connectivity index (χ3n) is 2.57. The van der Waals surface area contributed by atoms with Gasteiger partial charge in [0.15, 0.2) is 0 Å². The number of nitrogens with one attached hydrogen (secondary N) is 1. The Hall–Kier alpha value is -1.77. The van der Waals surface area contributed by atoms with Gasteiger partial charge in [0.2, 0.25) is 10.0 Å². The van der Waals surface area contributed by atoms with Gasteiger partial charge in [-0.3, -0.25) is 4.98 Å². The average molecular weight is 312 g/mol. The van der Waals surface area contributed by atoms with Gasteiger partial charge in [-0.1, -0.05) is 6.07 Å². The molecule has 0 radical (unpaired) electrons. The van der Waals surface area contributed by atoms with Crippen LogP contribution in [-0.4, -0.2) is 24.5 Å². The fourth-order valence-corrected chi connectivity index (χ4v) is 4.31. The van der Waals surface area contributed by atoms with Crippen LogP contribution in [0.4, 0.5) is 0 Å². The zero-order valence-electron chi connectivity index (χ0n) is 10.5. The molecule has 0 saturated carbocycles. The summed E-state index contributed by atoms with van der Waals surface area (Å²) in [5, 5.41) is 10.6. The van der Waals surface area contributed by atoms with Crippen LogP contribution in [0.1, 0.15) is 20.8 Å². The van der Waals surface area contributed by atoms with Crippen LogP contribution < -0.4 is 4.72 Å². The van der Waals surface area contributed by atoms with Crippen LogP contribution >= 0.6 is 11.3 Å². The molecular formula is C12H12N2O4S2. The lowest BCUT2D eigenvalue weighted by Crippen LogP contribution is -2.25. The van der Waals surface area contributed by atoms with Crippen LogP contribution in [0.3, 0.4) is 0 Å². The molecule has 0 aliphatic carbocycles. The second-order valence-electron chi connectivity index (χ2n) is 4.07. The average Bonchev–Trinajstić information content (AvgIpc) is 2.81. The van der Waals surface area contributed by atoms with Crippen LogP contribution in [0.2, 0.25) is 0 Å². The fraction of sp³-hybridized carbons (Fsp3) is 0.167. The van der Waals surface area contributed by atoms with Gasteiger partial charge in [-0.15, -0.1) is 11.3 Å². The second-order valence-corrected chi connectivity index (χ2v) is 6.65. The van der Waals surface area contributed by atoms with E-state index in [0.29, 0.717) is 11.1 Å². The molecule has 2 N–H and O–H groups in total. The molecule has 20 heavy (non-hydrogen) atoms. The number of nitrogens with zero attached hydrogens (tertiary/aromatic N) is 1. The molecule has 2 aromatic heterocycles. The smallest absolute Gasteiger partial charge is 0.347 e. The van der Waals surface area contributed by atoms with Crippen LogP contribution in [0, 0.1) is 6.92 Å². The highest BCUT2D eigenvalue weighted by Gasteiger charge is 2.26. The normalized spacial score (nSPS) is 11.4. The van der Waals surface area contributed by atoms with E-state index in [0.717, 1.165) is 11.3 Å². The molecule has 0 bridgehead atoms. The molecule has 2 rings (SSSR count). The monoisotopic (exact) mass is 312 g/mol. The zero-order valence-corrected chi connectivity index (χ0v) is 12.2. The summed E-state index contributed by atoms with van der Waals surface area (Å²) in [5.41, 5.74) is 1.12. The third-order valence-corrected chi connectivity index (χ3v) is 5.37.